The summed E-state index contributed by atoms with van der Waals surface area (Å²) in [4.78, 5) is 48.9. The summed E-state index contributed by atoms with van der Waals surface area (Å²) >= 11 is 0. The minimum absolute atomic E-state index is 0.172. The Bertz CT molecular complexity index is 1720. The van der Waals surface area contributed by atoms with Gasteiger partial charge in [0.05, 0.1) is 34.1 Å². The van der Waals surface area contributed by atoms with E-state index in [2.05, 4.69) is 26.1 Å². The second-order valence-electron chi connectivity index (χ2n) is 11.3. The molecule has 0 bridgehead atoms. The summed E-state index contributed by atoms with van der Waals surface area (Å²) in [7, 11) is 0. The van der Waals surface area contributed by atoms with Gasteiger partial charge in [-0.05, 0) is 54.7 Å². The van der Waals surface area contributed by atoms with Gasteiger partial charge in [-0.15, -0.1) is 0 Å². The van der Waals surface area contributed by atoms with Gasteiger partial charge in [0.2, 0.25) is 11.8 Å². The zero-order valence-electron chi connectivity index (χ0n) is 22.2. The molecule has 4 unspecified atom stereocenters. The van der Waals surface area contributed by atoms with Crippen LogP contribution in [-0.4, -0.2) is 27.4 Å². The fourth-order valence-electron chi connectivity index (χ4n) is 7.06. The van der Waals surface area contributed by atoms with Crippen molar-refractivity contribution < 1.29 is 9.59 Å². The largest absolute Gasteiger partial charge is 0.297 e. The van der Waals surface area contributed by atoms with Crippen LogP contribution in [0.3, 0.4) is 0 Å². The Morgan fingerprint density at radius 2 is 1.64 bits per heavy atom. The molecule has 7 heteroatoms. The number of anilines is 1. The summed E-state index contributed by atoms with van der Waals surface area (Å²) in [5.41, 5.74) is 2.56. The van der Waals surface area contributed by atoms with Crippen LogP contribution in [0, 0.1) is 17.8 Å². The Balaban J connectivity index is 1.49. The van der Waals surface area contributed by atoms with Gasteiger partial charge < -0.3 is 0 Å². The van der Waals surface area contributed by atoms with Crippen molar-refractivity contribution in [3.8, 4) is 5.69 Å². The van der Waals surface area contributed by atoms with E-state index in [1.54, 1.807) is 10.6 Å². The number of carbonyl (C=O) groups excluding carboxylic acids is 2. The molecule has 7 rings (SSSR count). The zero-order chi connectivity index (χ0) is 27.1. The lowest BCUT2D eigenvalue weighted by molar-refractivity contribution is -0.123. The third kappa shape index (κ3) is 3.13. The van der Waals surface area contributed by atoms with Crippen molar-refractivity contribution in [2.75, 3.05) is 4.90 Å². The molecule has 3 aromatic carbocycles. The molecule has 2 saturated heterocycles. The Kier molecular flexibility index (Phi) is 5.19. The number of nitrogens with zero attached hydrogens (tertiary/aromatic N) is 3. The summed E-state index contributed by atoms with van der Waals surface area (Å²) in [5.74, 6) is -0.973. The van der Waals surface area contributed by atoms with Crippen LogP contribution in [0.1, 0.15) is 44.1 Å². The number of nitrogens with one attached hydrogen (secondary N) is 1. The average molecular weight is 519 g/mol. The standard InChI is InChI=1S/C32H30N4O3/c1-4-19-13-15-20(16-14-19)35-29(38)26-24(17-18(2)3)34-32(27(26)30(35)39)22-10-6-8-12-25(22)36-28(37)21-9-5-7-11-23(21)33-31(32)36/h5-16,18,24,26-27,34H,4,17H2,1-3H3. The van der Waals surface area contributed by atoms with Gasteiger partial charge >= 0.3 is 0 Å². The smallest absolute Gasteiger partial charge is 0.266 e. The summed E-state index contributed by atoms with van der Waals surface area (Å²) in [5, 5.41) is 4.29. The van der Waals surface area contributed by atoms with Crippen LogP contribution in [0.4, 0.5) is 5.69 Å². The topological polar surface area (TPSA) is 84.3 Å². The van der Waals surface area contributed by atoms with Gasteiger partial charge in [-0.2, -0.15) is 0 Å². The maximum atomic E-state index is 14.5. The Labute approximate surface area is 226 Å². The van der Waals surface area contributed by atoms with Gasteiger partial charge in [0.25, 0.3) is 5.56 Å². The highest BCUT2D eigenvalue weighted by Crippen LogP contribution is 2.56. The van der Waals surface area contributed by atoms with E-state index >= 15 is 0 Å². The van der Waals surface area contributed by atoms with Gasteiger partial charge in [0.15, 0.2) is 0 Å². The Morgan fingerprint density at radius 1 is 0.923 bits per heavy atom. The highest BCUT2D eigenvalue weighted by atomic mass is 16.2. The molecular weight excluding hydrogens is 488 g/mol. The van der Waals surface area contributed by atoms with Gasteiger partial charge in [-0.3, -0.25) is 24.3 Å². The molecule has 3 aliphatic heterocycles. The number of rotatable bonds is 4. The number of imide groups is 1. The predicted octanol–water partition coefficient (Wildman–Crippen LogP) is 4.33. The number of hydrogen-bond acceptors (Lipinski definition) is 5. The third-order valence-electron chi connectivity index (χ3n) is 8.69. The van der Waals surface area contributed by atoms with E-state index in [0.29, 0.717) is 40.4 Å². The monoisotopic (exact) mass is 518 g/mol. The van der Waals surface area contributed by atoms with E-state index in [-0.39, 0.29) is 23.4 Å². The summed E-state index contributed by atoms with van der Waals surface area (Å²) < 4.78 is 1.65. The first kappa shape index (κ1) is 24.0. The van der Waals surface area contributed by atoms with Crippen LogP contribution < -0.4 is 15.8 Å². The molecular formula is C32H30N4O3. The molecule has 1 aromatic heterocycles. The SMILES string of the molecule is CCc1ccc(N2C(=O)C3C(CC(C)C)NC4(c5ccccc5-n5c4nc4ccccc4c5=O)C3C2=O)cc1. The second kappa shape index (κ2) is 8.45. The van der Waals surface area contributed by atoms with Crippen molar-refractivity contribution in [3.05, 3.63) is 100 Å². The molecule has 3 aliphatic rings. The van der Waals surface area contributed by atoms with Crippen LogP contribution in [0.15, 0.2) is 77.6 Å². The minimum Gasteiger partial charge on any atom is -0.297 e. The molecule has 2 amide bonds. The maximum Gasteiger partial charge on any atom is 0.266 e. The molecule has 0 saturated carbocycles. The third-order valence-corrected chi connectivity index (χ3v) is 8.69. The van der Waals surface area contributed by atoms with Gasteiger partial charge in [0, 0.05) is 11.6 Å². The van der Waals surface area contributed by atoms with E-state index in [0.717, 1.165) is 17.5 Å². The van der Waals surface area contributed by atoms with E-state index in [4.69, 9.17) is 4.98 Å². The van der Waals surface area contributed by atoms with Crippen molar-refractivity contribution in [1.29, 1.82) is 0 Å². The molecule has 1 spiro atoms. The lowest BCUT2D eigenvalue weighted by Gasteiger charge is -2.32. The van der Waals surface area contributed by atoms with Crippen molar-refractivity contribution in [3.63, 3.8) is 0 Å². The number of amides is 2. The number of para-hydroxylation sites is 2. The fraction of sp³-hybridized carbons (Fsp3) is 0.312. The highest BCUT2D eigenvalue weighted by Gasteiger charge is 2.69. The van der Waals surface area contributed by atoms with Gasteiger partial charge in [-0.1, -0.05) is 63.2 Å². The lowest BCUT2D eigenvalue weighted by Crippen LogP contribution is -2.50. The highest BCUT2D eigenvalue weighted by molar-refractivity contribution is 6.23. The second-order valence-corrected chi connectivity index (χ2v) is 11.3. The summed E-state index contributed by atoms with van der Waals surface area (Å²) in [6.07, 6.45) is 1.59. The molecule has 2 fully saturated rings. The van der Waals surface area contributed by atoms with Crippen molar-refractivity contribution in [2.24, 2.45) is 17.8 Å². The van der Waals surface area contributed by atoms with E-state index in [1.807, 2.05) is 66.7 Å². The first-order chi connectivity index (χ1) is 18.9. The summed E-state index contributed by atoms with van der Waals surface area (Å²) in [6, 6.07) is 22.4. The lowest BCUT2D eigenvalue weighted by atomic mass is 9.75. The molecule has 7 nitrogen and oxygen atoms in total. The number of aromatic nitrogens is 2. The molecule has 0 aliphatic carbocycles. The normalized spacial score (nSPS) is 25.1. The Morgan fingerprint density at radius 3 is 2.38 bits per heavy atom. The summed E-state index contributed by atoms with van der Waals surface area (Å²) in [6.45, 7) is 6.32. The molecule has 4 aromatic rings. The van der Waals surface area contributed by atoms with Crippen LogP contribution in [-0.2, 0) is 21.5 Å². The molecule has 4 heterocycles. The van der Waals surface area contributed by atoms with E-state index < -0.39 is 17.4 Å². The van der Waals surface area contributed by atoms with Crippen LogP contribution in [0.25, 0.3) is 16.6 Å². The number of aryl methyl sites for hydroxylation is 1. The predicted molar refractivity (Wildman–Crippen MR) is 150 cm³/mol. The zero-order valence-corrected chi connectivity index (χ0v) is 22.2. The average Bonchev–Trinajstić information content (AvgIpc) is 3.51. The number of hydrogen-bond donors (Lipinski definition) is 1. The molecule has 4 atom stereocenters. The Hall–Kier alpha value is -4.10. The van der Waals surface area contributed by atoms with Gasteiger partial charge in [0.1, 0.15) is 11.4 Å². The number of fused-ring (bicyclic) bond motifs is 8. The van der Waals surface area contributed by atoms with Crippen molar-refractivity contribution in [2.45, 2.75) is 45.2 Å². The van der Waals surface area contributed by atoms with Crippen LogP contribution in [0.2, 0.25) is 0 Å². The van der Waals surface area contributed by atoms with Crippen molar-refractivity contribution in [1.82, 2.24) is 14.9 Å². The molecule has 39 heavy (non-hydrogen) atoms. The number of carbonyl (C=O) groups is 2. The minimum atomic E-state index is -1.10. The van der Waals surface area contributed by atoms with Crippen LogP contribution >= 0.6 is 0 Å². The molecule has 1 N–H and O–H groups in total. The van der Waals surface area contributed by atoms with E-state index in [9.17, 15) is 14.4 Å². The first-order valence-corrected chi connectivity index (χ1v) is 13.7. The quantitative estimate of drug-likeness (QED) is 0.407. The fourth-order valence-corrected chi connectivity index (χ4v) is 7.06. The first-order valence-electron chi connectivity index (χ1n) is 13.7. The maximum absolute atomic E-state index is 14.5. The molecule has 196 valence electrons. The number of benzene rings is 3. The van der Waals surface area contributed by atoms with Gasteiger partial charge in [-0.25, -0.2) is 9.88 Å². The van der Waals surface area contributed by atoms with Crippen LogP contribution in [0.5, 0.6) is 0 Å². The van der Waals surface area contributed by atoms with E-state index in [1.165, 1.54) is 4.90 Å². The van der Waals surface area contributed by atoms with Crippen molar-refractivity contribution >= 4 is 28.4 Å². The molecule has 0 radical (unpaired) electrons.